The largest absolute Gasteiger partial charge is 0.463 e. The summed E-state index contributed by atoms with van der Waals surface area (Å²) < 4.78 is 9.63. The summed E-state index contributed by atoms with van der Waals surface area (Å²) in [4.78, 5) is 32.0. The van der Waals surface area contributed by atoms with Gasteiger partial charge in [-0.1, -0.05) is 59.3 Å². The third kappa shape index (κ3) is 4.49. The number of carbonyl (C=O) groups is 1. The highest BCUT2D eigenvalue weighted by atomic mass is 35.5. The van der Waals surface area contributed by atoms with Gasteiger partial charge in [0, 0.05) is 22.1 Å². The number of aryl methyl sites for hydroxylation is 1. The predicted molar refractivity (Wildman–Crippen MR) is 147 cm³/mol. The molecule has 1 atom stereocenters. The average Bonchev–Trinajstić information content (AvgIpc) is 3.33. The van der Waals surface area contributed by atoms with Crippen LogP contribution in [0.3, 0.4) is 0 Å². The van der Waals surface area contributed by atoms with Crippen molar-refractivity contribution in [1.82, 2.24) is 9.13 Å². The van der Waals surface area contributed by atoms with Gasteiger partial charge in [-0.05, 0) is 69.2 Å². The van der Waals surface area contributed by atoms with Crippen LogP contribution in [0.5, 0.6) is 0 Å². The Hall–Kier alpha value is -3.68. The van der Waals surface area contributed by atoms with E-state index in [1.165, 1.54) is 11.3 Å². The number of allylic oxidation sites excluding steroid dienone is 1. The Morgan fingerprint density at radius 3 is 2.57 bits per heavy atom. The fraction of sp³-hybridized carbons (Fsp3) is 0.207. The van der Waals surface area contributed by atoms with Crippen LogP contribution >= 0.6 is 22.9 Å². The standard InChI is InChI=1S/C29H26ClN3O3S/c1-5-36-28(35)25-18(3)31-29-33(26(25)20-10-7-6-8-11-20)27(34)24(37-29)15-21-14-17(2)32(19(21)4)23-13-9-12-22(30)16-23/h6-16,26H,5H2,1-4H3/b24-15+/t26-/m0/s1. The van der Waals surface area contributed by atoms with E-state index in [-0.39, 0.29) is 12.2 Å². The first kappa shape index (κ1) is 25.0. The average molecular weight is 532 g/mol. The fourth-order valence-electron chi connectivity index (χ4n) is 4.83. The van der Waals surface area contributed by atoms with Crippen LogP contribution in [0.15, 0.2) is 81.7 Å². The molecule has 1 aliphatic rings. The van der Waals surface area contributed by atoms with Crippen molar-refractivity contribution in [3.63, 3.8) is 0 Å². The second-order valence-electron chi connectivity index (χ2n) is 8.85. The van der Waals surface area contributed by atoms with Gasteiger partial charge in [-0.3, -0.25) is 9.36 Å². The molecule has 4 aromatic rings. The van der Waals surface area contributed by atoms with Crippen molar-refractivity contribution in [2.45, 2.75) is 33.7 Å². The quantitative estimate of drug-likeness (QED) is 0.345. The van der Waals surface area contributed by atoms with Gasteiger partial charge in [0.2, 0.25) is 0 Å². The number of halogens is 1. The van der Waals surface area contributed by atoms with Crippen LogP contribution in [0.1, 0.15) is 42.4 Å². The van der Waals surface area contributed by atoms with Gasteiger partial charge in [-0.25, -0.2) is 9.79 Å². The van der Waals surface area contributed by atoms with Crippen molar-refractivity contribution in [2.24, 2.45) is 4.99 Å². The molecule has 2 aromatic carbocycles. The van der Waals surface area contributed by atoms with E-state index >= 15 is 0 Å². The molecule has 3 heterocycles. The molecule has 0 saturated heterocycles. The van der Waals surface area contributed by atoms with Gasteiger partial charge in [0.25, 0.3) is 5.56 Å². The molecule has 6 nitrogen and oxygen atoms in total. The summed E-state index contributed by atoms with van der Waals surface area (Å²) in [5, 5.41) is 0.661. The van der Waals surface area contributed by atoms with E-state index in [1.54, 1.807) is 18.4 Å². The molecule has 0 saturated carbocycles. The topological polar surface area (TPSA) is 65.6 Å². The van der Waals surface area contributed by atoms with Gasteiger partial charge in [-0.15, -0.1) is 0 Å². The molecular weight excluding hydrogens is 506 g/mol. The third-order valence-corrected chi connectivity index (χ3v) is 7.67. The van der Waals surface area contributed by atoms with Gasteiger partial charge in [0.05, 0.1) is 28.5 Å². The maximum Gasteiger partial charge on any atom is 0.338 e. The van der Waals surface area contributed by atoms with Gasteiger partial charge < -0.3 is 9.30 Å². The molecule has 5 rings (SSSR count). The molecule has 0 N–H and O–H groups in total. The summed E-state index contributed by atoms with van der Waals surface area (Å²) in [7, 11) is 0. The zero-order valence-electron chi connectivity index (χ0n) is 21.0. The Morgan fingerprint density at radius 2 is 1.86 bits per heavy atom. The number of benzene rings is 2. The Balaban J connectivity index is 1.69. The van der Waals surface area contributed by atoms with E-state index in [0.717, 1.165) is 28.2 Å². The number of nitrogens with zero attached hydrogens (tertiary/aromatic N) is 3. The number of carbonyl (C=O) groups excluding carboxylic acids is 1. The highest BCUT2D eigenvalue weighted by Gasteiger charge is 2.33. The molecule has 8 heteroatoms. The van der Waals surface area contributed by atoms with E-state index in [0.29, 0.717) is 25.6 Å². The summed E-state index contributed by atoms with van der Waals surface area (Å²) in [5.74, 6) is -0.461. The lowest BCUT2D eigenvalue weighted by molar-refractivity contribution is -0.139. The van der Waals surface area contributed by atoms with Gasteiger partial charge >= 0.3 is 5.97 Å². The van der Waals surface area contributed by atoms with Gasteiger partial charge in [-0.2, -0.15) is 0 Å². The monoisotopic (exact) mass is 531 g/mol. The number of fused-ring (bicyclic) bond motifs is 1. The highest BCUT2D eigenvalue weighted by Crippen LogP contribution is 2.30. The lowest BCUT2D eigenvalue weighted by atomic mass is 9.96. The lowest BCUT2D eigenvalue weighted by Gasteiger charge is -2.24. The number of esters is 1. The summed E-state index contributed by atoms with van der Waals surface area (Å²) in [5.41, 5.74) is 5.48. The normalized spacial score (nSPS) is 15.5. The number of ether oxygens (including phenoxy) is 1. The molecule has 0 fully saturated rings. The van der Waals surface area contributed by atoms with Gasteiger partial charge in [0.1, 0.15) is 0 Å². The van der Waals surface area contributed by atoms with Crippen molar-refractivity contribution in [3.8, 4) is 5.69 Å². The number of aromatic nitrogens is 2. The van der Waals surface area contributed by atoms with Crippen LogP contribution in [0.2, 0.25) is 5.02 Å². The van der Waals surface area contributed by atoms with Crippen molar-refractivity contribution >= 4 is 35.0 Å². The first-order chi connectivity index (χ1) is 17.8. The minimum atomic E-state index is -0.613. The molecule has 37 heavy (non-hydrogen) atoms. The van der Waals surface area contributed by atoms with Gasteiger partial charge in [0.15, 0.2) is 4.80 Å². The maximum absolute atomic E-state index is 13.8. The SMILES string of the molecule is CCOC(=O)C1=C(C)N=c2s/c(=C/c3cc(C)n(-c4cccc(Cl)c4)c3C)c(=O)n2[C@H]1c1ccccc1. The maximum atomic E-state index is 13.8. The summed E-state index contributed by atoms with van der Waals surface area (Å²) in [6, 6.07) is 18.7. The van der Waals surface area contributed by atoms with E-state index in [4.69, 9.17) is 16.3 Å². The number of thiazole rings is 1. The molecular formula is C29H26ClN3O3S. The Bertz CT molecular complexity index is 1730. The van der Waals surface area contributed by atoms with Crippen LogP contribution < -0.4 is 14.9 Å². The van der Waals surface area contributed by atoms with Crippen molar-refractivity contribution in [1.29, 1.82) is 0 Å². The molecule has 188 valence electrons. The summed E-state index contributed by atoms with van der Waals surface area (Å²) in [6.07, 6.45) is 1.90. The molecule has 0 unspecified atom stereocenters. The third-order valence-electron chi connectivity index (χ3n) is 6.46. The lowest BCUT2D eigenvalue weighted by Crippen LogP contribution is -2.39. The molecule has 0 aliphatic carbocycles. The molecule has 0 spiro atoms. The number of hydrogen-bond donors (Lipinski definition) is 0. The van der Waals surface area contributed by atoms with Crippen molar-refractivity contribution in [2.75, 3.05) is 6.61 Å². The molecule has 0 amide bonds. The minimum Gasteiger partial charge on any atom is -0.463 e. The Kier molecular flexibility index (Phi) is 6.75. The minimum absolute atomic E-state index is 0.195. The second-order valence-corrected chi connectivity index (χ2v) is 10.3. The highest BCUT2D eigenvalue weighted by molar-refractivity contribution is 7.07. The van der Waals surface area contributed by atoms with E-state index in [1.807, 2.05) is 74.5 Å². The zero-order chi connectivity index (χ0) is 26.3. The van der Waals surface area contributed by atoms with E-state index in [2.05, 4.69) is 15.6 Å². The molecule has 0 radical (unpaired) electrons. The number of rotatable bonds is 5. The smallest absolute Gasteiger partial charge is 0.338 e. The zero-order valence-corrected chi connectivity index (χ0v) is 22.6. The Morgan fingerprint density at radius 1 is 1.11 bits per heavy atom. The predicted octanol–water partition coefficient (Wildman–Crippen LogP) is 4.86. The van der Waals surface area contributed by atoms with Crippen molar-refractivity contribution in [3.05, 3.63) is 119 Å². The van der Waals surface area contributed by atoms with Crippen molar-refractivity contribution < 1.29 is 9.53 Å². The molecule has 1 aliphatic heterocycles. The van der Waals surface area contributed by atoms with Crippen LogP contribution in [-0.2, 0) is 9.53 Å². The summed E-state index contributed by atoms with van der Waals surface area (Å²) in [6.45, 7) is 7.84. The Labute approximate surface area is 223 Å². The van der Waals surface area contributed by atoms with Crippen LogP contribution in [0.25, 0.3) is 11.8 Å². The second kappa shape index (κ2) is 10.00. The first-order valence-electron chi connectivity index (χ1n) is 12.0. The fourth-order valence-corrected chi connectivity index (χ4v) is 6.05. The van der Waals surface area contributed by atoms with Crippen LogP contribution in [0.4, 0.5) is 0 Å². The van der Waals surface area contributed by atoms with E-state index < -0.39 is 12.0 Å². The summed E-state index contributed by atoms with van der Waals surface area (Å²) >= 11 is 7.55. The van der Waals surface area contributed by atoms with E-state index in [9.17, 15) is 9.59 Å². The first-order valence-corrected chi connectivity index (χ1v) is 13.2. The van der Waals surface area contributed by atoms with Crippen LogP contribution in [-0.4, -0.2) is 21.7 Å². The van der Waals surface area contributed by atoms with Crippen LogP contribution in [0, 0.1) is 13.8 Å². The molecule has 2 aromatic heterocycles. The number of hydrogen-bond acceptors (Lipinski definition) is 5. The molecule has 0 bridgehead atoms.